The van der Waals surface area contributed by atoms with Gasteiger partial charge < -0.3 is 4.79 Å². The Morgan fingerprint density at radius 2 is 1.57 bits per heavy atom. The second-order valence-corrected chi connectivity index (χ2v) is 6.23. The molecule has 1 saturated heterocycles. The molecule has 0 amide bonds. The Balaban J connectivity index is 1.82. The van der Waals surface area contributed by atoms with Crippen LogP contribution in [0, 0.1) is 5.41 Å². The predicted octanol–water partition coefficient (Wildman–Crippen LogP) is 2.81. The lowest BCUT2D eigenvalue weighted by atomic mass is 9.83. The summed E-state index contributed by atoms with van der Waals surface area (Å²) in [5.41, 5.74) is 1.25. The fourth-order valence-corrected chi connectivity index (χ4v) is 3.07. The van der Waals surface area contributed by atoms with E-state index < -0.39 is 0 Å². The van der Waals surface area contributed by atoms with Crippen LogP contribution in [-0.2, 0) is 11.3 Å². The van der Waals surface area contributed by atoms with E-state index in [-0.39, 0.29) is 5.41 Å². The molecule has 1 aromatic rings. The van der Waals surface area contributed by atoms with Crippen LogP contribution in [0.25, 0.3) is 0 Å². The molecule has 0 radical (unpaired) electrons. The summed E-state index contributed by atoms with van der Waals surface area (Å²) in [5.74, 6) is 0. The maximum absolute atomic E-state index is 11.4. The van der Waals surface area contributed by atoms with E-state index in [1.165, 1.54) is 11.8 Å². The number of carbonyl (C=O) groups is 1. The van der Waals surface area contributed by atoms with E-state index >= 15 is 0 Å². The highest BCUT2D eigenvalue weighted by Crippen LogP contribution is 2.25. The van der Waals surface area contributed by atoms with Gasteiger partial charge in [-0.05, 0) is 18.4 Å². The predicted molar refractivity (Wildman–Crippen MR) is 87.2 cm³/mol. The Labute approximate surface area is 128 Å². The molecule has 0 unspecified atom stereocenters. The molecule has 0 atom stereocenters. The van der Waals surface area contributed by atoms with Gasteiger partial charge in [-0.25, -0.2) is 0 Å². The van der Waals surface area contributed by atoms with E-state index in [1.807, 2.05) is 0 Å². The summed E-state index contributed by atoms with van der Waals surface area (Å²) < 4.78 is 0. The van der Waals surface area contributed by atoms with Gasteiger partial charge in [-0.3, -0.25) is 9.80 Å². The Kier molecular flexibility index (Phi) is 5.95. The first-order chi connectivity index (χ1) is 10.2. The largest absolute Gasteiger partial charge is 0.303 e. The Bertz CT molecular complexity index is 420. The number of benzene rings is 1. The molecule has 21 heavy (non-hydrogen) atoms. The Morgan fingerprint density at radius 3 is 2.10 bits per heavy atom. The van der Waals surface area contributed by atoms with Crippen LogP contribution in [0.3, 0.4) is 0 Å². The van der Waals surface area contributed by atoms with E-state index in [0.717, 1.165) is 52.1 Å². The van der Waals surface area contributed by atoms with Gasteiger partial charge in [0.25, 0.3) is 0 Å². The molecule has 0 saturated carbocycles. The highest BCUT2D eigenvalue weighted by molar-refractivity contribution is 5.59. The molecular formula is C18H28N2O. The normalized spacial score (nSPS) is 17.8. The van der Waals surface area contributed by atoms with Crippen LogP contribution in [0.5, 0.6) is 0 Å². The Morgan fingerprint density at radius 1 is 1.00 bits per heavy atom. The summed E-state index contributed by atoms with van der Waals surface area (Å²) in [6, 6.07) is 10.7. The molecule has 0 aromatic heterocycles. The van der Waals surface area contributed by atoms with Gasteiger partial charge in [0.15, 0.2) is 0 Å². The third-order valence-corrected chi connectivity index (χ3v) is 4.91. The smallest absolute Gasteiger partial charge is 0.127 e. The van der Waals surface area contributed by atoms with Crippen LogP contribution in [0.4, 0.5) is 0 Å². The van der Waals surface area contributed by atoms with Crippen LogP contribution in [0.15, 0.2) is 30.3 Å². The van der Waals surface area contributed by atoms with E-state index in [0.29, 0.717) is 0 Å². The van der Waals surface area contributed by atoms with Crippen molar-refractivity contribution in [1.82, 2.24) is 9.80 Å². The van der Waals surface area contributed by atoms with Gasteiger partial charge in [0, 0.05) is 44.7 Å². The van der Waals surface area contributed by atoms with Gasteiger partial charge >= 0.3 is 0 Å². The van der Waals surface area contributed by atoms with Crippen molar-refractivity contribution in [1.29, 1.82) is 0 Å². The zero-order valence-electron chi connectivity index (χ0n) is 13.4. The lowest BCUT2D eigenvalue weighted by molar-refractivity contribution is -0.118. The summed E-state index contributed by atoms with van der Waals surface area (Å²) >= 11 is 0. The van der Waals surface area contributed by atoms with Gasteiger partial charge in [0.05, 0.1) is 0 Å². The van der Waals surface area contributed by atoms with E-state index in [2.05, 4.69) is 54.0 Å². The van der Waals surface area contributed by atoms with Crippen molar-refractivity contribution in [3.05, 3.63) is 35.9 Å². The van der Waals surface area contributed by atoms with Gasteiger partial charge in [-0.15, -0.1) is 0 Å². The molecule has 3 heteroatoms. The molecule has 116 valence electrons. The molecule has 1 aliphatic heterocycles. The van der Waals surface area contributed by atoms with Gasteiger partial charge in [0.2, 0.25) is 0 Å². The number of carbonyl (C=O) groups excluding carboxylic acids is 1. The monoisotopic (exact) mass is 288 g/mol. The van der Waals surface area contributed by atoms with Crippen molar-refractivity contribution in [2.45, 2.75) is 33.2 Å². The van der Waals surface area contributed by atoms with Crippen molar-refractivity contribution >= 4 is 6.29 Å². The summed E-state index contributed by atoms with van der Waals surface area (Å²) in [5, 5.41) is 0. The summed E-state index contributed by atoms with van der Waals surface area (Å²) in [7, 11) is 0. The maximum Gasteiger partial charge on any atom is 0.127 e. The molecule has 0 bridgehead atoms. The lowest BCUT2D eigenvalue weighted by Crippen LogP contribution is -2.49. The first-order valence-corrected chi connectivity index (χ1v) is 8.16. The molecule has 0 spiro atoms. The van der Waals surface area contributed by atoms with Crippen molar-refractivity contribution in [3.8, 4) is 0 Å². The standard InChI is InChI=1S/C18H28N2O/c1-3-18(4-2,16-21)15-20-12-10-19(11-13-20)14-17-8-6-5-7-9-17/h5-9,16H,3-4,10-15H2,1-2H3. The quantitative estimate of drug-likeness (QED) is 0.721. The van der Waals surface area contributed by atoms with Crippen LogP contribution in [0.2, 0.25) is 0 Å². The van der Waals surface area contributed by atoms with Gasteiger partial charge in [-0.1, -0.05) is 44.2 Å². The average Bonchev–Trinajstić information content (AvgIpc) is 2.55. The molecule has 1 fully saturated rings. The van der Waals surface area contributed by atoms with E-state index in [1.54, 1.807) is 0 Å². The SMILES string of the molecule is CCC(C=O)(CC)CN1CCN(Cc2ccccc2)CC1. The summed E-state index contributed by atoms with van der Waals surface area (Å²) in [6.45, 7) is 10.5. The highest BCUT2D eigenvalue weighted by Gasteiger charge is 2.29. The van der Waals surface area contributed by atoms with Crippen LogP contribution in [-0.4, -0.2) is 48.8 Å². The Hall–Kier alpha value is -1.19. The molecule has 3 nitrogen and oxygen atoms in total. The number of piperazine rings is 1. The fraction of sp³-hybridized carbons (Fsp3) is 0.611. The number of aldehydes is 1. The van der Waals surface area contributed by atoms with Crippen LogP contribution < -0.4 is 0 Å². The van der Waals surface area contributed by atoms with Gasteiger partial charge in [0.1, 0.15) is 6.29 Å². The number of hydrogen-bond acceptors (Lipinski definition) is 3. The first kappa shape index (κ1) is 16.2. The molecule has 0 N–H and O–H groups in total. The van der Waals surface area contributed by atoms with Crippen LogP contribution in [0.1, 0.15) is 32.3 Å². The van der Waals surface area contributed by atoms with E-state index in [4.69, 9.17) is 0 Å². The third kappa shape index (κ3) is 4.39. The minimum Gasteiger partial charge on any atom is -0.303 e. The maximum atomic E-state index is 11.4. The molecular weight excluding hydrogens is 260 g/mol. The number of hydrogen-bond donors (Lipinski definition) is 0. The molecule has 1 aliphatic rings. The first-order valence-electron chi connectivity index (χ1n) is 8.16. The highest BCUT2D eigenvalue weighted by atomic mass is 16.1. The number of rotatable bonds is 7. The van der Waals surface area contributed by atoms with Gasteiger partial charge in [-0.2, -0.15) is 0 Å². The fourth-order valence-electron chi connectivity index (χ4n) is 3.07. The zero-order chi connectivity index (χ0) is 15.1. The topological polar surface area (TPSA) is 23.6 Å². The lowest BCUT2D eigenvalue weighted by Gasteiger charge is -2.39. The second kappa shape index (κ2) is 7.71. The second-order valence-electron chi connectivity index (χ2n) is 6.23. The van der Waals surface area contributed by atoms with Crippen LogP contribution >= 0.6 is 0 Å². The summed E-state index contributed by atoms with van der Waals surface area (Å²) in [4.78, 5) is 16.4. The molecule has 1 aromatic carbocycles. The van der Waals surface area contributed by atoms with E-state index in [9.17, 15) is 4.79 Å². The van der Waals surface area contributed by atoms with Crippen molar-refractivity contribution < 1.29 is 4.79 Å². The zero-order valence-corrected chi connectivity index (χ0v) is 13.4. The minimum atomic E-state index is -0.137. The third-order valence-electron chi connectivity index (χ3n) is 4.91. The molecule has 0 aliphatic carbocycles. The molecule has 1 heterocycles. The van der Waals surface area contributed by atoms with Crippen molar-refractivity contribution in [2.75, 3.05) is 32.7 Å². The minimum absolute atomic E-state index is 0.137. The van der Waals surface area contributed by atoms with Crippen molar-refractivity contribution in [2.24, 2.45) is 5.41 Å². The van der Waals surface area contributed by atoms with Crippen molar-refractivity contribution in [3.63, 3.8) is 0 Å². The number of nitrogens with zero attached hydrogens (tertiary/aromatic N) is 2. The molecule has 2 rings (SSSR count). The average molecular weight is 288 g/mol. The summed E-state index contributed by atoms with van der Waals surface area (Å²) in [6.07, 6.45) is 3.07.